The van der Waals surface area contributed by atoms with E-state index in [1.165, 1.54) is 37.1 Å². The van der Waals surface area contributed by atoms with Gasteiger partial charge in [-0.25, -0.2) is 4.99 Å². The number of methoxy groups -OCH3 is 1. The molecule has 1 aliphatic heterocycles. The lowest BCUT2D eigenvalue weighted by atomic mass is 10.2. The number of hydrogen-bond donors (Lipinski definition) is 1. The highest BCUT2D eigenvalue weighted by Crippen LogP contribution is 2.30. The monoisotopic (exact) mass is 415 g/mol. The molecule has 9 nitrogen and oxygen atoms in total. The average molecular weight is 415 g/mol. The molecular weight excluding hydrogens is 398 g/mol. The Morgan fingerprint density at radius 1 is 1.28 bits per heavy atom. The summed E-state index contributed by atoms with van der Waals surface area (Å²) in [6.07, 6.45) is -0.131. The quantitative estimate of drug-likeness (QED) is 0.520. The van der Waals surface area contributed by atoms with Crippen molar-refractivity contribution in [1.29, 1.82) is 0 Å². The van der Waals surface area contributed by atoms with Gasteiger partial charge in [-0.2, -0.15) is 0 Å². The van der Waals surface area contributed by atoms with E-state index >= 15 is 0 Å². The van der Waals surface area contributed by atoms with Crippen LogP contribution < -0.4 is 14.8 Å². The third-order valence-electron chi connectivity index (χ3n) is 3.93. The molecule has 1 atom stereocenters. The number of carbonyl (C=O) groups excluding carboxylic acids is 2. The zero-order chi connectivity index (χ0) is 20.8. The third-order valence-corrected chi connectivity index (χ3v) is 5.07. The van der Waals surface area contributed by atoms with Gasteiger partial charge in [-0.1, -0.05) is 30.0 Å². The summed E-state index contributed by atoms with van der Waals surface area (Å²) in [6, 6.07) is 13.0. The van der Waals surface area contributed by atoms with Crippen molar-refractivity contribution in [3.63, 3.8) is 0 Å². The number of ether oxygens (including phenoxy) is 2. The van der Waals surface area contributed by atoms with E-state index in [9.17, 15) is 19.7 Å². The predicted molar refractivity (Wildman–Crippen MR) is 109 cm³/mol. The maximum absolute atomic E-state index is 12.4. The van der Waals surface area contributed by atoms with Gasteiger partial charge in [0.15, 0.2) is 0 Å². The first-order valence-electron chi connectivity index (χ1n) is 8.54. The summed E-state index contributed by atoms with van der Waals surface area (Å²) in [6.45, 7) is 0.136. The second kappa shape index (κ2) is 9.20. The Morgan fingerprint density at radius 2 is 2.03 bits per heavy atom. The number of amides is 2. The van der Waals surface area contributed by atoms with Crippen LogP contribution >= 0.6 is 11.8 Å². The number of benzene rings is 2. The lowest BCUT2D eigenvalue weighted by Crippen LogP contribution is -2.21. The van der Waals surface area contributed by atoms with Gasteiger partial charge in [0, 0.05) is 18.6 Å². The van der Waals surface area contributed by atoms with Crippen LogP contribution in [0.5, 0.6) is 11.5 Å². The van der Waals surface area contributed by atoms with Crippen LogP contribution in [0, 0.1) is 10.1 Å². The number of non-ortho nitro benzene ring substituents is 1. The zero-order valence-corrected chi connectivity index (χ0v) is 16.2. The molecule has 1 aliphatic rings. The number of nitro groups is 1. The highest BCUT2D eigenvalue weighted by Gasteiger charge is 2.31. The molecule has 0 fully saturated rings. The predicted octanol–water partition coefficient (Wildman–Crippen LogP) is 3.05. The number of para-hydroxylation sites is 1. The fourth-order valence-electron chi connectivity index (χ4n) is 2.57. The number of aliphatic imine (C=N–C) groups is 1. The second-order valence-electron chi connectivity index (χ2n) is 5.95. The summed E-state index contributed by atoms with van der Waals surface area (Å²) >= 11 is 1.17. The molecule has 29 heavy (non-hydrogen) atoms. The summed E-state index contributed by atoms with van der Waals surface area (Å²) in [4.78, 5) is 38.8. The van der Waals surface area contributed by atoms with Crippen molar-refractivity contribution in [3.05, 3.63) is 58.6 Å². The van der Waals surface area contributed by atoms with Gasteiger partial charge in [0.25, 0.3) is 11.6 Å². The Labute approximate surface area is 170 Å². The van der Waals surface area contributed by atoms with Gasteiger partial charge in [-0.15, -0.1) is 0 Å². The van der Waals surface area contributed by atoms with E-state index in [4.69, 9.17) is 9.47 Å². The average Bonchev–Trinajstić information content (AvgIpc) is 3.06. The Morgan fingerprint density at radius 3 is 2.72 bits per heavy atom. The van der Waals surface area contributed by atoms with Crippen LogP contribution in [0.2, 0.25) is 0 Å². The van der Waals surface area contributed by atoms with Crippen molar-refractivity contribution in [3.8, 4) is 11.5 Å². The Hall–Kier alpha value is -3.40. The minimum absolute atomic E-state index is 0.131. The first-order valence-corrected chi connectivity index (χ1v) is 9.42. The fourth-order valence-corrected chi connectivity index (χ4v) is 3.56. The molecule has 2 aromatic carbocycles. The van der Waals surface area contributed by atoms with Gasteiger partial charge in [0.1, 0.15) is 28.4 Å². The number of rotatable bonds is 8. The largest absolute Gasteiger partial charge is 0.495 e. The van der Waals surface area contributed by atoms with Gasteiger partial charge in [-0.05, 0) is 18.2 Å². The number of thioether (sulfide) groups is 1. The van der Waals surface area contributed by atoms with Gasteiger partial charge in [0.05, 0.1) is 17.7 Å². The molecule has 0 saturated carbocycles. The summed E-state index contributed by atoms with van der Waals surface area (Å²) in [5, 5.41) is 13.3. The molecule has 0 aliphatic carbocycles. The van der Waals surface area contributed by atoms with Crippen molar-refractivity contribution in [1.82, 2.24) is 0 Å². The van der Waals surface area contributed by atoms with Crippen LogP contribution in [0.25, 0.3) is 0 Å². The van der Waals surface area contributed by atoms with E-state index < -0.39 is 22.0 Å². The molecule has 1 heterocycles. The molecule has 0 aromatic heterocycles. The Balaban J connectivity index is 1.57. The smallest absolute Gasteiger partial charge is 0.271 e. The van der Waals surface area contributed by atoms with Crippen LogP contribution in [-0.4, -0.2) is 40.7 Å². The van der Waals surface area contributed by atoms with Crippen molar-refractivity contribution >= 4 is 40.0 Å². The second-order valence-corrected chi connectivity index (χ2v) is 7.22. The first-order chi connectivity index (χ1) is 14.0. The van der Waals surface area contributed by atoms with Crippen LogP contribution in [0.3, 0.4) is 0 Å². The third kappa shape index (κ3) is 5.32. The molecule has 3 rings (SSSR count). The minimum Gasteiger partial charge on any atom is -0.495 e. The topological polar surface area (TPSA) is 120 Å². The SMILES string of the molecule is COc1ccc([N+](=O)[O-])cc1NC(=O)C[C@@H]1SC(COc2ccccc2)=NC1=O. The van der Waals surface area contributed by atoms with Crippen molar-refractivity contribution in [2.75, 3.05) is 19.0 Å². The number of hydrogen-bond acceptors (Lipinski definition) is 7. The van der Waals surface area contributed by atoms with E-state index in [1.54, 1.807) is 12.1 Å². The normalized spacial score (nSPS) is 15.6. The minimum atomic E-state index is -0.672. The Kier molecular flexibility index (Phi) is 6.45. The molecule has 2 aromatic rings. The van der Waals surface area contributed by atoms with Gasteiger partial charge in [0.2, 0.25) is 5.91 Å². The van der Waals surface area contributed by atoms with Crippen LogP contribution in [0.15, 0.2) is 53.5 Å². The van der Waals surface area contributed by atoms with E-state index in [2.05, 4.69) is 10.3 Å². The highest BCUT2D eigenvalue weighted by molar-refractivity contribution is 8.15. The number of anilines is 1. The summed E-state index contributed by atoms with van der Waals surface area (Å²) < 4.78 is 10.7. The Bertz CT molecular complexity index is 964. The van der Waals surface area contributed by atoms with E-state index in [1.807, 2.05) is 18.2 Å². The van der Waals surface area contributed by atoms with E-state index in [0.717, 1.165) is 0 Å². The number of carbonyl (C=O) groups is 2. The van der Waals surface area contributed by atoms with Crippen molar-refractivity contribution in [2.24, 2.45) is 4.99 Å². The van der Waals surface area contributed by atoms with E-state index in [0.29, 0.717) is 10.8 Å². The number of nitrogens with zero attached hydrogens (tertiary/aromatic N) is 2. The van der Waals surface area contributed by atoms with Crippen LogP contribution in [0.4, 0.5) is 11.4 Å². The standard InChI is InChI=1S/C19H17N3O6S/c1-27-15-8-7-12(22(25)26)9-14(15)20-17(23)10-16-19(24)21-18(29-16)11-28-13-5-3-2-4-6-13/h2-9,16H,10-11H2,1H3,(H,20,23)/t16-/m0/s1. The van der Waals surface area contributed by atoms with Crippen molar-refractivity contribution in [2.45, 2.75) is 11.7 Å². The first kappa shape index (κ1) is 20.3. The molecule has 2 amide bonds. The molecule has 150 valence electrons. The van der Waals surface area contributed by atoms with E-state index in [-0.39, 0.29) is 30.2 Å². The molecule has 1 N–H and O–H groups in total. The van der Waals surface area contributed by atoms with Crippen molar-refractivity contribution < 1.29 is 24.0 Å². The molecule has 0 unspecified atom stereocenters. The lowest BCUT2D eigenvalue weighted by Gasteiger charge is -2.11. The molecule has 10 heteroatoms. The molecule has 0 bridgehead atoms. The van der Waals surface area contributed by atoms with Gasteiger partial charge >= 0.3 is 0 Å². The maximum atomic E-state index is 12.4. The maximum Gasteiger partial charge on any atom is 0.271 e. The summed E-state index contributed by atoms with van der Waals surface area (Å²) in [5.41, 5.74) is -0.0215. The van der Waals surface area contributed by atoms with Crippen LogP contribution in [-0.2, 0) is 9.59 Å². The van der Waals surface area contributed by atoms with Crippen LogP contribution in [0.1, 0.15) is 6.42 Å². The van der Waals surface area contributed by atoms with Gasteiger partial charge in [-0.3, -0.25) is 19.7 Å². The zero-order valence-electron chi connectivity index (χ0n) is 15.4. The van der Waals surface area contributed by atoms with Gasteiger partial charge < -0.3 is 14.8 Å². The molecule has 0 radical (unpaired) electrons. The number of nitrogens with one attached hydrogen (secondary N) is 1. The number of nitro benzene ring substituents is 1. The summed E-state index contributed by atoms with van der Waals surface area (Å²) in [7, 11) is 1.39. The molecule has 0 spiro atoms. The molecule has 0 saturated heterocycles. The highest BCUT2D eigenvalue weighted by atomic mass is 32.2. The summed E-state index contributed by atoms with van der Waals surface area (Å²) in [5.74, 6) is 0.0441. The fraction of sp³-hybridized carbons (Fsp3) is 0.211. The molecular formula is C19H17N3O6S. The lowest BCUT2D eigenvalue weighted by molar-refractivity contribution is -0.384.